The van der Waals surface area contributed by atoms with Gasteiger partial charge in [-0.3, -0.25) is 4.79 Å². The van der Waals surface area contributed by atoms with Gasteiger partial charge in [0.15, 0.2) is 0 Å². The Morgan fingerprint density at radius 1 is 1.40 bits per heavy atom. The van der Waals surface area contributed by atoms with Gasteiger partial charge in [0.05, 0.1) is 12.0 Å². The third-order valence-electron chi connectivity index (χ3n) is 3.49. The summed E-state index contributed by atoms with van der Waals surface area (Å²) >= 11 is 0. The number of nitrogens with zero attached hydrogens (tertiary/aromatic N) is 1. The molecule has 0 spiro atoms. The monoisotopic (exact) mass is 288 g/mol. The van der Waals surface area contributed by atoms with Gasteiger partial charge in [0.1, 0.15) is 0 Å². The number of carboxylic acid groups (broad SMARTS) is 1. The average molecular weight is 288 g/mol. The van der Waals surface area contributed by atoms with Crippen LogP contribution in [0.1, 0.15) is 39.0 Å². The van der Waals surface area contributed by atoms with Crippen LogP contribution in [0, 0.1) is 0 Å². The first-order chi connectivity index (χ1) is 9.35. The van der Waals surface area contributed by atoms with Gasteiger partial charge in [-0.05, 0) is 32.6 Å². The van der Waals surface area contributed by atoms with Gasteiger partial charge in [0, 0.05) is 25.7 Å². The zero-order valence-corrected chi connectivity index (χ0v) is 11.8. The van der Waals surface area contributed by atoms with Crippen LogP contribution in [0.25, 0.3) is 0 Å². The fourth-order valence-corrected chi connectivity index (χ4v) is 2.15. The molecule has 0 aromatic rings. The van der Waals surface area contributed by atoms with E-state index in [-0.39, 0.29) is 25.2 Å². The van der Waals surface area contributed by atoms with Crippen molar-refractivity contribution in [1.29, 1.82) is 0 Å². The molecule has 1 fully saturated rings. The lowest BCUT2D eigenvalue weighted by atomic mass is 9.91. The number of urea groups is 1. The van der Waals surface area contributed by atoms with E-state index in [4.69, 9.17) is 10.2 Å². The van der Waals surface area contributed by atoms with Crippen molar-refractivity contribution in [3.63, 3.8) is 0 Å². The van der Waals surface area contributed by atoms with Crippen LogP contribution in [0.15, 0.2) is 0 Å². The van der Waals surface area contributed by atoms with Crippen LogP contribution < -0.4 is 5.32 Å². The van der Waals surface area contributed by atoms with Gasteiger partial charge in [-0.2, -0.15) is 0 Å². The van der Waals surface area contributed by atoms with Crippen molar-refractivity contribution in [2.45, 2.75) is 50.7 Å². The summed E-state index contributed by atoms with van der Waals surface area (Å²) in [7, 11) is 0. The summed E-state index contributed by atoms with van der Waals surface area (Å²) in [6.07, 6.45) is 3.07. The molecule has 7 heteroatoms. The van der Waals surface area contributed by atoms with Crippen LogP contribution in [0.3, 0.4) is 0 Å². The highest BCUT2D eigenvalue weighted by Gasteiger charge is 2.30. The second kappa shape index (κ2) is 7.44. The first-order valence-corrected chi connectivity index (χ1v) is 6.95. The van der Waals surface area contributed by atoms with Gasteiger partial charge in [-0.25, -0.2) is 4.79 Å². The fraction of sp³-hybridized carbons (Fsp3) is 0.846. The van der Waals surface area contributed by atoms with Crippen LogP contribution in [0.2, 0.25) is 0 Å². The number of hydrogen-bond donors (Lipinski definition) is 4. The Morgan fingerprint density at radius 3 is 2.50 bits per heavy atom. The highest BCUT2D eigenvalue weighted by atomic mass is 16.4. The zero-order chi connectivity index (χ0) is 15.2. The van der Waals surface area contributed by atoms with Crippen molar-refractivity contribution in [2.24, 2.45) is 0 Å². The molecule has 20 heavy (non-hydrogen) atoms. The van der Waals surface area contributed by atoms with Crippen LogP contribution in [-0.2, 0) is 4.79 Å². The van der Waals surface area contributed by atoms with Gasteiger partial charge in [0.25, 0.3) is 0 Å². The molecule has 1 atom stereocenters. The van der Waals surface area contributed by atoms with Crippen molar-refractivity contribution in [1.82, 2.24) is 10.2 Å². The molecule has 0 aliphatic heterocycles. The summed E-state index contributed by atoms with van der Waals surface area (Å²) in [6.45, 7) is 1.75. The molecule has 7 nitrogen and oxygen atoms in total. The maximum Gasteiger partial charge on any atom is 0.317 e. The van der Waals surface area contributed by atoms with E-state index in [9.17, 15) is 14.7 Å². The standard InChI is InChI=1S/C13H24N2O5/c1-13(20,8-11(17)18)9-14-12(19)15(6-3-7-16)10-4-2-5-10/h10,16,20H,2-9H2,1H3,(H,14,19)(H,17,18). The minimum atomic E-state index is -1.47. The Balaban J connectivity index is 2.46. The lowest BCUT2D eigenvalue weighted by molar-refractivity contribution is -0.141. The number of aliphatic hydroxyl groups is 2. The van der Waals surface area contributed by atoms with Crippen LogP contribution in [0.5, 0.6) is 0 Å². The lowest BCUT2D eigenvalue weighted by Gasteiger charge is -2.38. The molecule has 1 aliphatic rings. The van der Waals surface area contributed by atoms with Crippen molar-refractivity contribution >= 4 is 12.0 Å². The van der Waals surface area contributed by atoms with Gasteiger partial charge < -0.3 is 25.5 Å². The minimum Gasteiger partial charge on any atom is -0.481 e. The summed E-state index contributed by atoms with van der Waals surface area (Å²) in [4.78, 5) is 24.3. The number of amides is 2. The number of carbonyl (C=O) groups excluding carboxylic acids is 1. The SMILES string of the molecule is CC(O)(CNC(=O)N(CCCO)C1CCC1)CC(=O)O. The van der Waals surface area contributed by atoms with E-state index in [1.807, 2.05) is 0 Å². The van der Waals surface area contributed by atoms with Gasteiger partial charge in [0.2, 0.25) is 0 Å². The molecule has 4 N–H and O–H groups in total. The highest BCUT2D eigenvalue weighted by molar-refractivity contribution is 5.75. The van der Waals surface area contributed by atoms with E-state index in [2.05, 4.69) is 5.32 Å². The minimum absolute atomic E-state index is 0.0211. The maximum atomic E-state index is 12.1. The molecule has 0 aromatic heterocycles. The third kappa shape index (κ3) is 5.34. The molecule has 1 unspecified atom stereocenters. The predicted molar refractivity (Wildman–Crippen MR) is 72.3 cm³/mol. The topological polar surface area (TPSA) is 110 Å². The quantitative estimate of drug-likeness (QED) is 0.508. The molecular weight excluding hydrogens is 264 g/mol. The number of aliphatic carboxylic acids is 1. The second-order valence-corrected chi connectivity index (χ2v) is 5.58. The third-order valence-corrected chi connectivity index (χ3v) is 3.49. The van der Waals surface area contributed by atoms with E-state index in [1.54, 1.807) is 4.90 Å². The molecule has 2 amide bonds. The molecule has 0 radical (unpaired) electrons. The zero-order valence-electron chi connectivity index (χ0n) is 11.8. The van der Waals surface area contributed by atoms with Gasteiger partial charge in [-0.1, -0.05) is 0 Å². The maximum absolute atomic E-state index is 12.1. The fourth-order valence-electron chi connectivity index (χ4n) is 2.15. The smallest absolute Gasteiger partial charge is 0.317 e. The molecular formula is C13H24N2O5. The first-order valence-electron chi connectivity index (χ1n) is 6.95. The first kappa shape index (κ1) is 16.7. The van der Waals surface area contributed by atoms with Crippen LogP contribution >= 0.6 is 0 Å². The van der Waals surface area contributed by atoms with Crippen LogP contribution in [-0.4, -0.2) is 63.6 Å². The Hall–Kier alpha value is -1.34. The van der Waals surface area contributed by atoms with Crippen LogP contribution in [0.4, 0.5) is 4.79 Å². The van der Waals surface area contributed by atoms with E-state index >= 15 is 0 Å². The number of rotatable bonds is 8. The van der Waals surface area contributed by atoms with Gasteiger partial charge >= 0.3 is 12.0 Å². The van der Waals surface area contributed by atoms with Crippen molar-refractivity contribution in [3.05, 3.63) is 0 Å². The summed E-state index contributed by atoms with van der Waals surface area (Å²) in [5.74, 6) is -1.11. The number of hydrogen-bond acceptors (Lipinski definition) is 4. The number of aliphatic hydroxyl groups excluding tert-OH is 1. The number of carbonyl (C=O) groups is 2. The van der Waals surface area contributed by atoms with E-state index < -0.39 is 18.0 Å². The van der Waals surface area contributed by atoms with E-state index in [0.29, 0.717) is 13.0 Å². The summed E-state index contributed by atoms with van der Waals surface area (Å²) < 4.78 is 0. The molecule has 1 rings (SSSR count). The van der Waals surface area contributed by atoms with E-state index in [1.165, 1.54) is 6.92 Å². The van der Waals surface area contributed by atoms with Crippen molar-refractivity contribution in [2.75, 3.05) is 19.7 Å². The highest BCUT2D eigenvalue weighted by Crippen LogP contribution is 2.25. The predicted octanol–water partition coefficient (Wildman–Crippen LogP) is 0.159. The van der Waals surface area contributed by atoms with Crippen molar-refractivity contribution < 1.29 is 24.9 Å². The lowest BCUT2D eigenvalue weighted by Crippen LogP contribution is -2.52. The number of carboxylic acids is 1. The Morgan fingerprint density at radius 2 is 2.05 bits per heavy atom. The molecule has 0 saturated heterocycles. The Bertz CT molecular complexity index is 342. The van der Waals surface area contributed by atoms with Gasteiger partial charge in [-0.15, -0.1) is 0 Å². The summed E-state index contributed by atoms with van der Waals surface area (Å²) in [5.41, 5.74) is -1.47. The summed E-state index contributed by atoms with van der Waals surface area (Å²) in [5, 5.41) is 30.0. The molecule has 1 saturated carbocycles. The van der Waals surface area contributed by atoms with E-state index in [0.717, 1.165) is 19.3 Å². The molecule has 0 heterocycles. The second-order valence-electron chi connectivity index (χ2n) is 5.58. The normalized spacial score (nSPS) is 17.9. The Kier molecular flexibility index (Phi) is 6.22. The molecule has 1 aliphatic carbocycles. The average Bonchev–Trinajstić information content (AvgIpc) is 2.27. The summed E-state index contributed by atoms with van der Waals surface area (Å²) in [6, 6.07) is -0.125. The Labute approximate surface area is 118 Å². The largest absolute Gasteiger partial charge is 0.481 e. The van der Waals surface area contributed by atoms with Crippen molar-refractivity contribution in [3.8, 4) is 0 Å². The number of nitrogens with one attached hydrogen (secondary N) is 1. The molecule has 116 valence electrons. The molecule has 0 bridgehead atoms. The molecule has 0 aromatic carbocycles.